The fourth-order valence-corrected chi connectivity index (χ4v) is 2.98. The molecule has 1 aromatic carbocycles. The normalized spacial score (nSPS) is 22.5. The average molecular weight is 326 g/mol. The number of aliphatic hydroxyl groups is 1. The summed E-state index contributed by atoms with van der Waals surface area (Å²) < 4.78 is 5.41. The first-order valence-corrected chi connectivity index (χ1v) is 8.02. The lowest BCUT2D eigenvalue weighted by Crippen LogP contribution is -2.46. The Morgan fingerprint density at radius 3 is 2.55 bits per heavy atom. The van der Waals surface area contributed by atoms with Gasteiger partial charge >= 0.3 is 6.09 Å². The number of hydrogen-bond acceptors (Lipinski definition) is 3. The van der Waals surface area contributed by atoms with Crippen molar-refractivity contribution in [2.75, 3.05) is 19.7 Å². The lowest BCUT2D eigenvalue weighted by molar-refractivity contribution is 0.0102. The number of likely N-dealkylation sites (tertiary alicyclic amines) is 1. The molecule has 1 saturated heterocycles. The van der Waals surface area contributed by atoms with E-state index in [-0.39, 0.29) is 24.5 Å². The molecule has 0 unspecified atom stereocenters. The van der Waals surface area contributed by atoms with Crippen LogP contribution in [-0.4, -0.2) is 41.4 Å². The Kier molecular flexibility index (Phi) is 5.35. The van der Waals surface area contributed by atoms with Crippen molar-refractivity contribution < 1.29 is 14.6 Å². The molecule has 1 aromatic rings. The van der Waals surface area contributed by atoms with Crippen LogP contribution in [-0.2, 0) is 4.74 Å². The molecule has 0 radical (unpaired) electrons. The molecule has 5 heteroatoms. The van der Waals surface area contributed by atoms with Gasteiger partial charge in [0.1, 0.15) is 5.60 Å². The molecule has 1 heterocycles. The Morgan fingerprint density at radius 2 is 2.00 bits per heavy atom. The van der Waals surface area contributed by atoms with Gasteiger partial charge in [0.2, 0.25) is 0 Å². The smallest absolute Gasteiger partial charge is 0.410 e. The first kappa shape index (κ1) is 17.1. The summed E-state index contributed by atoms with van der Waals surface area (Å²) in [5.74, 6) is 0.253. The quantitative estimate of drug-likeness (QED) is 0.902. The molecule has 1 aliphatic heterocycles. The van der Waals surface area contributed by atoms with Crippen LogP contribution >= 0.6 is 11.6 Å². The van der Waals surface area contributed by atoms with Gasteiger partial charge in [0, 0.05) is 30.6 Å². The van der Waals surface area contributed by atoms with Gasteiger partial charge in [0.15, 0.2) is 0 Å². The molecule has 1 aliphatic rings. The Labute approximate surface area is 137 Å². The Hall–Kier alpha value is -1.26. The van der Waals surface area contributed by atoms with E-state index < -0.39 is 5.60 Å². The van der Waals surface area contributed by atoms with Crippen molar-refractivity contribution in [2.45, 2.75) is 38.7 Å². The SMILES string of the molecule is CC(C)(C)OC(=O)N1CC[C@H](c2ccc(Cl)cc2)[C@H](CO)C1. The molecular formula is C17H24ClNO3. The van der Waals surface area contributed by atoms with Gasteiger partial charge in [-0.15, -0.1) is 0 Å². The van der Waals surface area contributed by atoms with Gasteiger partial charge in [-0.2, -0.15) is 0 Å². The third-order valence-electron chi connectivity index (χ3n) is 3.92. The van der Waals surface area contributed by atoms with Gasteiger partial charge in [0.25, 0.3) is 0 Å². The molecule has 0 bridgehead atoms. The molecular weight excluding hydrogens is 302 g/mol. The van der Waals surface area contributed by atoms with Gasteiger partial charge in [0.05, 0.1) is 0 Å². The van der Waals surface area contributed by atoms with Gasteiger partial charge in [-0.05, 0) is 50.8 Å². The standard InChI is InChI=1S/C17H24ClNO3/c1-17(2,3)22-16(21)19-9-8-15(13(10-19)11-20)12-4-6-14(18)7-5-12/h4-7,13,15,20H,8-11H2,1-3H3/t13-,15+/m0/s1. The third kappa shape index (κ3) is 4.37. The van der Waals surface area contributed by atoms with E-state index >= 15 is 0 Å². The van der Waals surface area contributed by atoms with Crippen molar-refractivity contribution in [3.8, 4) is 0 Å². The van der Waals surface area contributed by atoms with E-state index in [9.17, 15) is 9.90 Å². The average Bonchev–Trinajstić information content (AvgIpc) is 2.45. The molecule has 22 heavy (non-hydrogen) atoms. The molecule has 0 aliphatic carbocycles. The zero-order valence-corrected chi connectivity index (χ0v) is 14.1. The maximum Gasteiger partial charge on any atom is 0.410 e. The van der Waals surface area contributed by atoms with Gasteiger partial charge in [-0.1, -0.05) is 23.7 Å². The predicted octanol–water partition coefficient (Wildman–Crippen LogP) is 3.67. The van der Waals surface area contributed by atoms with Gasteiger partial charge in [-0.3, -0.25) is 0 Å². The van der Waals surface area contributed by atoms with E-state index in [1.54, 1.807) is 4.90 Å². The van der Waals surface area contributed by atoms with Gasteiger partial charge in [-0.25, -0.2) is 4.79 Å². The summed E-state index contributed by atoms with van der Waals surface area (Å²) >= 11 is 5.93. The zero-order chi connectivity index (χ0) is 16.3. The van der Waals surface area contributed by atoms with Crippen LogP contribution < -0.4 is 0 Å². The van der Waals surface area contributed by atoms with Crippen LogP contribution in [0.4, 0.5) is 4.79 Å². The highest BCUT2D eigenvalue weighted by Crippen LogP contribution is 2.33. The maximum atomic E-state index is 12.2. The Bertz CT molecular complexity index is 510. The van der Waals surface area contributed by atoms with Crippen molar-refractivity contribution in [1.29, 1.82) is 0 Å². The lowest BCUT2D eigenvalue weighted by Gasteiger charge is -2.38. The topological polar surface area (TPSA) is 49.8 Å². The second-order valence-corrected chi connectivity index (χ2v) is 7.25. The van der Waals surface area contributed by atoms with E-state index in [0.29, 0.717) is 18.1 Å². The molecule has 2 atom stereocenters. The summed E-state index contributed by atoms with van der Waals surface area (Å²) in [6.45, 7) is 6.77. The largest absolute Gasteiger partial charge is 0.444 e. The third-order valence-corrected chi connectivity index (χ3v) is 4.17. The number of rotatable bonds is 2. The molecule has 0 spiro atoms. The lowest BCUT2D eigenvalue weighted by atomic mass is 9.81. The molecule has 0 aromatic heterocycles. The monoisotopic (exact) mass is 325 g/mol. The Balaban J connectivity index is 2.05. The van der Waals surface area contributed by atoms with E-state index in [0.717, 1.165) is 12.0 Å². The van der Waals surface area contributed by atoms with Crippen molar-refractivity contribution >= 4 is 17.7 Å². The van der Waals surface area contributed by atoms with Crippen LogP contribution in [0.25, 0.3) is 0 Å². The van der Waals surface area contributed by atoms with E-state index in [1.165, 1.54) is 0 Å². The molecule has 4 nitrogen and oxygen atoms in total. The fraction of sp³-hybridized carbons (Fsp3) is 0.588. The number of carbonyl (C=O) groups excluding carboxylic acids is 1. The van der Waals surface area contributed by atoms with Crippen LogP contribution in [0.1, 0.15) is 38.7 Å². The van der Waals surface area contributed by atoms with E-state index in [1.807, 2.05) is 45.0 Å². The van der Waals surface area contributed by atoms with Crippen LogP contribution in [0.2, 0.25) is 5.02 Å². The first-order chi connectivity index (χ1) is 10.3. The maximum absolute atomic E-state index is 12.2. The summed E-state index contributed by atoms with van der Waals surface area (Å²) in [4.78, 5) is 13.9. The van der Waals surface area contributed by atoms with Crippen LogP contribution in [0, 0.1) is 5.92 Å². The number of hydrogen-bond donors (Lipinski definition) is 1. The Morgan fingerprint density at radius 1 is 1.36 bits per heavy atom. The molecule has 122 valence electrons. The fourth-order valence-electron chi connectivity index (χ4n) is 2.86. The van der Waals surface area contributed by atoms with Gasteiger partial charge < -0.3 is 14.7 Å². The number of ether oxygens (including phenoxy) is 1. The number of halogens is 1. The molecule has 1 fully saturated rings. The molecule has 1 amide bonds. The molecule has 2 rings (SSSR count). The minimum Gasteiger partial charge on any atom is -0.444 e. The van der Waals surface area contributed by atoms with Crippen molar-refractivity contribution in [2.24, 2.45) is 5.92 Å². The van der Waals surface area contributed by atoms with Crippen LogP contribution in [0.5, 0.6) is 0 Å². The predicted molar refractivity (Wildman–Crippen MR) is 87.2 cm³/mol. The summed E-state index contributed by atoms with van der Waals surface area (Å²) in [7, 11) is 0. The first-order valence-electron chi connectivity index (χ1n) is 7.64. The minimum absolute atomic E-state index is 0.0162. The highest BCUT2D eigenvalue weighted by atomic mass is 35.5. The summed E-state index contributed by atoms with van der Waals surface area (Å²) in [6, 6.07) is 7.73. The number of amides is 1. The summed E-state index contributed by atoms with van der Waals surface area (Å²) in [5, 5.41) is 10.4. The molecule has 1 N–H and O–H groups in total. The van der Waals surface area contributed by atoms with Crippen molar-refractivity contribution in [3.05, 3.63) is 34.9 Å². The number of benzene rings is 1. The highest BCUT2D eigenvalue weighted by Gasteiger charge is 2.33. The number of carbonyl (C=O) groups is 1. The van der Waals surface area contributed by atoms with E-state index in [4.69, 9.17) is 16.3 Å². The second-order valence-electron chi connectivity index (χ2n) is 6.82. The minimum atomic E-state index is -0.501. The highest BCUT2D eigenvalue weighted by molar-refractivity contribution is 6.30. The number of piperidine rings is 1. The summed E-state index contributed by atoms with van der Waals surface area (Å²) in [5.41, 5.74) is 0.658. The van der Waals surface area contributed by atoms with Crippen molar-refractivity contribution in [3.63, 3.8) is 0 Å². The number of aliphatic hydroxyl groups excluding tert-OH is 1. The van der Waals surface area contributed by atoms with Crippen LogP contribution in [0.3, 0.4) is 0 Å². The second kappa shape index (κ2) is 6.88. The van der Waals surface area contributed by atoms with Crippen LogP contribution in [0.15, 0.2) is 24.3 Å². The zero-order valence-electron chi connectivity index (χ0n) is 13.4. The summed E-state index contributed by atoms with van der Waals surface area (Å²) in [6.07, 6.45) is 0.507. The van der Waals surface area contributed by atoms with Crippen molar-refractivity contribution in [1.82, 2.24) is 4.90 Å². The number of nitrogens with zero attached hydrogens (tertiary/aromatic N) is 1. The van der Waals surface area contributed by atoms with E-state index in [2.05, 4.69) is 0 Å². The molecule has 0 saturated carbocycles.